The maximum absolute atomic E-state index is 12.8. The van der Waals surface area contributed by atoms with Crippen LogP contribution in [0.1, 0.15) is 239 Å². The highest BCUT2D eigenvalue weighted by molar-refractivity contribution is 5.71. The molecule has 0 aliphatic heterocycles. The van der Waals surface area contributed by atoms with Crippen LogP contribution >= 0.6 is 0 Å². The van der Waals surface area contributed by atoms with Gasteiger partial charge in [-0.3, -0.25) is 14.4 Å². The first-order chi connectivity index (χ1) is 32.0. The van der Waals surface area contributed by atoms with Gasteiger partial charge in [0.15, 0.2) is 6.10 Å². The molecule has 0 spiro atoms. The van der Waals surface area contributed by atoms with Crippen molar-refractivity contribution in [2.75, 3.05) is 13.2 Å². The van der Waals surface area contributed by atoms with Gasteiger partial charge in [0.05, 0.1) is 0 Å². The second-order valence-electron chi connectivity index (χ2n) is 17.5. The Morgan fingerprint density at radius 2 is 0.677 bits per heavy atom. The van der Waals surface area contributed by atoms with Gasteiger partial charge in [0.1, 0.15) is 13.2 Å². The molecule has 0 saturated carbocycles. The molecule has 0 saturated heterocycles. The van der Waals surface area contributed by atoms with Crippen LogP contribution in [0, 0.1) is 0 Å². The quantitative estimate of drug-likeness (QED) is 0.0199. The van der Waals surface area contributed by atoms with Crippen molar-refractivity contribution in [1.29, 1.82) is 0 Å². The number of rotatable bonds is 47. The smallest absolute Gasteiger partial charge is 0.306 e. The third-order valence-electron chi connectivity index (χ3n) is 11.1. The zero-order chi connectivity index (χ0) is 47.2. The Bertz CT molecular complexity index is 1310. The molecular formula is C59H98O6. The van der Waals surface area contributed by atoms with E-state index in [0.717, 1.165) is 116 Å². The van der Waals surface area contributed by atoms with Crippen molar-refractivity contribution < 1.29 is 28.6 Å². The van der Waals surface area contributed by atoms with Crippen molar-refractivity contribution in [2.45, 2.75) is 245 Å². The molecule has 6 heteroatoms. The number of esters is 3. The first-order valence-electron chi connectivity index (χ1n) is 26.8. The Balaban J connectivity index is 4.41. The van der Waals surface area contributed by atoms with E-state index in [0.29, 0.717) is 19.3 Å². The number of ether oxygens (including phenoxy) is 3. The summed E-state index contributed by atoms with van der Waals surface area (Å²) in [4.78, 5) is 38.0. The Morgan fingerprint density at radius 3 is 1.12 bits per heavy atom. The van der Waals surface area contributed by atoms with E-state index in [1.165, 1.54) is 83.5 Å². The van der Waals surface area contributed by atoms with Gasteiger partial charge in [-0.1, -0.05) is 221 Å². The van der Waals surface area contributed by atoms with Gasteiger partial charge in [0.2, 0.25) is 0 Å². The summed E-state index contributed by atoms with van der Waals surface area (Å²) in [6, 6.07) is 0. The summed E-state index contributed by atoms with van der Waals surface area (Å²) >= 11 is 0. The minimum Gasteiger partial charge on any atom is -0.462 e. The van der Waals surface area contributed by atoms with Crippen LogP contribution in [-0.2, 0) is 28.6 Å². The summed E-state index contributed by atoms with van der Waals surface area (Å²) in [5.74, 6) is -0.932. The average Bonchev–Trinajstić information content (AvgIpc) is 3.30. The molecule has 0 aliphatic rings. The van der Waals surface area contributed by atoms with E-state index >= 15 is 0 Å². The lowest BCUT2D eigenvalue weighted by atomic mass is 10.1. The fourth-order valence-corrected chi connectivity index (χ4v) is 7.15. The van der Waals surface area contributed by atoms with Crippen molar-refractivity contribution in [3.8, 4) is 0 Å². The summed E-state index contributed by atoms with van der Waals surface area (Å²) < 4.78 is 16.8. The maximum Gasteiger partial charge on any atom is 0.306 e. The Labute approximate surface area is 400 Å². The molecule has 6 nitrogen and oxygen atoms in total. The number of allylic oxidation sites excluding steroid dienone is 16. The average molecular weight is 903 g/mol. The van der Waals surface area contributed by atoms with Crippen molar-refractivity contribution >= 4 is 17.9 Å². The predicted molar refractivity (Wildman–Crippen MR) is 279 cm³/mol. The number of carbonyl (C=O) groups is 3. The van der Waals surface area contributed by atoms with Gasteiger partial charge in [-0.05, 0) is 96.3 Å². The van der Waals surface area contributed by atoms with E-state index in [-0.39, 0.29) is 31.1 Å². The van der Waals surface area contributed by atoms with Crippen molar-refractivity contribution in [1.82, 2.24) is 0 Å². The molecule has 0 aromatic carbocycles. The van der Waals surface area contributed by atoms with Crippen molar-refractivity contribution in [3.05, 3.63) is 97.2 Å². The molecule has 0 bridgehead atoms. The molecule has 65 heavy (non-hydrogen) atoms. The van der Waals surface area contributed by atoms with Crippen LogP contribution in [0.5, 0.6) is 0 Å². The van der Waals surface area contributed by atoms with Gasteiger partial charge in [-0.25, -0.2) is 0 Å². The van der Waals surface area contributed by atoms with E-state index < -0.39 is 6.10 Å². The van der Waals surface area contributed by atoms with Crippen molar-refractivity contribution in [2.24, 2.45) is 0 Å². The van der Waals surface area contributed by atoms with E-state index in [2.05, 4.69) is 118 Å². The molecule has 0 heterocycles. The molecule has 0 fully saturated rings. The third kappa shape index (κ3) is 51.2. The molecule has 1 unspecified atom stereocenters. The Morgan fingerprint density at radius 1 is 0.338 bits per heavy atom. The van der Waals surface area contributed by atoms with Crippen LogP contribution in [-0.4, -0.2) is 37.2 Å². The normalized spacial score (nSPS) is 12.8. The van der Waals surface area contributed by atoms with Gasteiger partial charge in [0, 0.05) is 19.3 Å². The largest absolute Gasteiger partial charge is 0.462 e. The Hall–Kier alpha value is -3.67. The third-order valence-corrected chi connectivity index (χ3v) is 11.1. The second kappa shape index (κ2) is 52.9. The summed E-state index contributed by atoms with van der Waals surface area (Å²) in [6.07, 6.45) is 69.6. The molecule has 0 aliphatic carbocycles. The predicted octanol–water partition coefficient (Wildman–Crippen LogP) is 17.8. The summed E-state index contributed by atoms with van der Waals surface area (Å²) in [6.45, 7) is 6.33. The van der Waals surface area contributed by atoms with E-state index in [1.807, 2.05) is 0 Å². The van der Waals surface area contributed by atoms with Crippen LogP contribution in [0.25, 0.3) is 0 Å². The monoisotopic (exact) mass is 903 g/mol. The minimum atomic E-state index is -0.795. The zero-order valence-electron chi connectivity index (χ0n) is 42.2. The number of hydrogen-bond acceptors (Lipinski definition) is 6. The summed E-state index contributed by atoms with van der Waals surface area (Å²) in [7, 11) is 0. The highest BCUT2D eigenvalue weighted by Crippen LogP contribution is 2.14. The molecule has 1 atom stereocenters. The van der Waals surface area contributed by atoms with Crippen LogP contribution in [0.2, 0.25) is 0 Å². The topological polar surface area (TPSA) is 78.9 Å². The number of hydrogen-bond donors (Lipinski definition) is 0. The summed E-state index contributed by atoms with van der Waals surface area (Å²) in [5, 5.41) is 0. The molecule has 0 radical (unpaired) electrons. The van der Waals surface area contributed by atoms with Crippen LogP contribution in [0.15, 0.2) is 97.2 Å². The standard InChI is InChI=1S/C59H98O6/c1-4-7-10-13-16-19-22-25-27-28-29-30-32-34-37-40-43-46-49-52-58(61)64-55-56(54-63-57(60)51-48-45-42-39-36-33-24-21-18-15-12-9-6-3)65-59(62)53-50-47-44-41-38-35-31-26-23-20-17-14-11-8-5-2/h7,9-10,12,15-21,23-27,56H,4-6,8,11,13-14,22,28-55H2,1-3H3/b10-7+,12-9+,18-15+,19-16+,20-17+,24-21+,26-23+,27-25+. The molecule has 0 aromatic rings. The number of carbonyl (C=O) groups excluding carboxylic acids is 3. The van der Waals surface area contributed by atoms with E-state index in [1.54, 1.807) is 0 Å². The first kappa shape index (κ1) is 61.3. The van der Waals surface area contributed by atoms with Crippen LogP contribution < -0.4 is 0 Å². The molecule has 370 valence electrons. The molecule has 0 rings (SSSR count). The zero-order valence-corrected chi connectivity index (χ0v) is 42.2. The minimum absolute atomic E-state index is 0.0929. The second-order valence-corrected chi connectivity index (χ2v) is 17.5. The molecular weight excluding hydrogens is 805 g/mol. The van der Waals surface area contributed by atoms with Gasteiger partial charge >= 0.3 is 17.9 Å². The molecule has 0 aromatic heterocycles. The van der Waals surface area contributed by atoms with Crippen LogP contribution in [0.4, 0.5) is 0 Å². The van der Waals surface area contributed by atoms with Crippen molar-refractivity contribution in [3.63, 3.8) is 0 Å². The summed E-state index contributed by atoms with van der Waals surface area (Å²) in [5.41, 5.74) is 0. The highest BCUT2D eigenvalue weighted by Gasteiger charge is 2.19. The lowest BCUT2D eigenvalue weighted by molar-refractivity contribution is -0.167. The van der Waals surface area contributed by atoms with Gasteiger partial charge in [0.25, 0.3) is 0 Å². The van der Waals surface area contributed by atoms with Gasteiger partial charge in [-0.2, -0.15) is 0 Å². The van der Waals surface area contributed by atoms with Crippen LogP contribution in [0.3, 0.4) is 0 Å². The van der Waals surface area contributed by atoms with E-state index in [4.69, 9.17) is 14.2 Å². The van der Waals surface area contributed by atoms with E-state index in [9.17, 15) is 14.4 Å². The highest BCUT2D eigenvalue weighted by atomic mass is 16.6. The Kier molecular flexibility index (Phi) is 50.0. The fourth-order valence-electron chi connectivity index (χ4n) is 7.15. The first-order valence-corrected chi connectivity index (χ1v) is 26.8. The number of unbranched alkanes of at least 4 members (excludes halogenated alkanes) is 23. The van der Waals surface area contributed by atoms with Gasteiger partial charge < -0.3 is 14.2 Å². The molecule has 0 N–H and O–H groups in total. The fraction of sp³-hybridized carbons (Fsp3) is 0.678. The lowest BCUT2D eigenvalue weighted by Crippen LogP contribution is -2.30. The lowest BCUT2D eigenvalue weighted by Gasteiger charge is -2.18. The SMILES string of the molecule is CC/C=C/C=C/C=C/CCCCCCCC(=O)OCC(COC(=O)CCCCCCCCCCC/C=C/C/C=C/C/C=C/CC)OC(=O)CCCCCCCC/C=C/C=C/CCCCC. The molecule has 0 amide bonds. The van der Waals surface area contributed by atoms with Gasteiger partial charge in [-0.15, -0.1) is 0 Å². The maximum atomic E-state index is 12.8.